The van der Waals surface area contributed by atoms with Gasteiger partial charge in [0.05, 0.1) is 22.5 Å². The molecule has 2 atom stereocenters. The molecule has 6 nitrogen and oxygen atoms in total. The maximum absolute atomic E-state index is 13.0. The van der Waals surface area contributed by atoms with Gasteiger partial charge in [0.15, 0.2) is 9.84 Å². The van der Waals surface area contributed by atoms with Gasteiger partial charge in [0.1, 0.15) is 0 Å². The van der Waals surface area contributed by atoms with E-state index in [1.54, 1.807) is 0 Å². The molecule has 1 aromatic rings. The second-order valence-electron chi connectivity index (χ2n) is 6.23. The third-order valence-corrected chi connectivity index (χ3v) is 5.35. The first kappa shape index (κ1) is 20.7. The van der Waals surface area contributed by atoms with Crippen molar-refractivity contribution in [3.63, 3.8) is 0 Å². The number of ether oxygens (including phenoxy) is 1. The van der Waals surface area contributed by atoms with E-state index in [0.717, 1.165) is 18.4 Å². The summed E-state index contributed by atoms with van der Waals surface area (Å²) in [5.74, 6) is -0.752. The van der Waals surface area contributed by atoms with E-state index < -0.39 is 32.4 Å². The molecular weight excluding hydrogens is 373 g/mol. The quantitative estimate of drug-likeness (QED) is 0.788. The van der Waals surface area contributed by atoms with E-state index in [1.165, 1.54) is 7.11 Å². The Kier molecular flexibility index (Phi) is 6.30. The summed E-state index contributed by atoms with van der Waals surface area (Å²) in [7, 11) is -2.33. The maximum Gasteiger partial charge on any atom is 0.416 e. The minimum absolute atomic E-state index is 0.0662. The second kappa shape index (κ2) is 7.93. The van der Waals surface area contributed by atoms with E-state index in [4.69, 9.17) is 4.74 Å². The molecule has 0 saturated carbocycles. The van der Waals surface area contributed by atoms with Crippen molar-refractivity contribution >= 4 is 15.7 Å². The highest BCUT2D eigenvalue weighted by Gasteiger charge is 2.33. The number of sulfone groups is 1. The lowest BCUT2D eigenvalue weighted by atomic mass is 9.94. The molecule has 1 aromatic carbocycles. The van der Waals surface area contributed by atoms with Crippen LogP contribution < -0.4 is 10.6 Å². The minimum atomic E-state index is -4.68. The summed E-state index contributed by atoms with van der Waals surface area (Å²) in [5, 5.41) is 5.68. The summed E-state index contributed by atoms with van der Waals surface area (Å²) in [6.45, 7) is 0.946. The fourth-order valence-corrected chi connectivity index (χ4v) is 3.54. The number of rotatable bonds is 5. The average Bonchev–Trinajstić information content (AvgIpc) is 2.57. The summed E-state index contributed by atoms with van der Waals surface area (Å²) in [5.41, 5.74) is -1.00. The van der Waals surface area contributed by atoms with Crippen LogP contribution in [0.25, 0.3) is 0 Å². The van der Waals surface area contributed by atoms with Crippen molar-refractivity contribution < 1.29 is 31.1 Å². The number of benzene rings is 1. The third-order valence-electron chi connectivity index (χ3n) is 4.25. The topological polar surface area (TPSA) is 84.5 Å². The molecule has 0 radical (unpaired) electrons. The molecule has 26 heavy (non-hydrogen) atoms. The molecule has 2 rings (SSSR count). The zero-order valence-electron chi connectivity index (χ0n) is 14.4. The van der Waals surface area contributed by atoms with Crippen LogP contribution in [-0.4, -0.2) is 46.9 Å². The van der Waals surface area contributed by atoms with Crippen molar-refractivity contribution in [2.45, 2.75) is 30.1 Å². The molecule has 0 aromatic heterocycles. The molecule has 1 amide bonds. The Bertz CT molecular complexity index is 765. The van der Waals surface area contributed by atoms with E-state index in [1.807, 2.05) is 0 Å². The predicted molar refractivity (Wildman–Crippen MR) is 88.2 cm³/mol. The van der Waals surface area contributed by atoms with E-state index >= 15 is 0 Å². The van der Waals surface area contributed by atoms with E-state index in [0.29, 0.717) is 25.6 Å². The molecule has 2 unspecified atom stereocenters. The molecule has 1 heterocycles. The number of halogens is 3. The summed E-state index contributed by atoms with van der Waals surface area (Å²) in [6.07, 6.45) is -3.63. The van der Waals surface area contributed by atoms with Crippen molar-refractivity contribution in [3.05, 3.63) is 29.3 Å². The van der Waals surface area contributed by atoms with Gasteiger partial charge in [-0.1, -0.05) is 0 Å². The Morgan fingerprint density at radius 3 is 2.62 bits per heavy atom. The molecule has 1 saturated heterocycles. The second-order valence-corrected chi connectivity index (χ2v) is 8.24. The number of amides is 1. The van der Waals surface area contributed by atoms with Crippen molar-refractivity contribution in [2.75, 3.05) is 26.5 Å². The Hall–Kier alpha value is -1.65. The van der Waals surface area contributed by atoms with Gasteiger partial charge in [-0.15, -0.1) is 0 Å². The molecule has 1 aliphatic rings. The first-order valence-corrected chi connectivity index (χ1v) is 9.84. The van der Waals surface area contributed by atoms with Crippen LogP contribution in [0.4, 0.5) is 13.2 Å². The zero-order valence-corrected chi connectivity index (χ0v) is 15.2. The Morgan fingerprint density at radius 2 is 2.04 bits per heavy atom. The molecule has 0 aliphatic carbocycles. The molecule has 10 heteroatoms. The monoisotopic (exact) mass is 394 g/mol. The molecule has 0 spiro atoms. The highest BCUT2D eigenvalue weighted by atomic mass is 32.2. The summed E-state index contributed by atoms with van der Waals surface area (Å²) >= 11 is 0. The van der Waals surface area contributed by atoms with Gasteiger partial charge in [-0.2, -0.15) is 13.2 Å². The van der Waals surface area contributed by atoms with Gasteiger partial charge in [0.25, 0.3) is 0 Å². The van der Waals surface area contributed by atoms with E-state index in [2.05, 4.69) is 10.6 Å². The highest BCUT2D eigenvalue weighted by molar-refractivity contribution is 7.90. The summed E-state index contributed by atoms with van der Waals surface area (Å²) in [6, 6.07) is 2.57. The van der Waals surface area contributed by atoms with Crippen molar-refractivity contribution in [2.24, 2.45) is 5.92 Å². The molecule has 146 valence electrons. The average molecular weight is 394 g/mol. The summed E-state index contributed by atoms with van der Waals surface area (Å²) < 4.78 is 67.6. The number of carbonyl (C=O) groups is 1. The SMILES string of the molecule is COC1CNCCC1C(=O)NCc1cc(C(F)(F)F)cc(S(C)(=O)=O)c1. The largest absolute Gasteiger partial charge is 0.416 e. The fraction of sp³-hybridized carbons (Fsp3) is 0.562. The lowest BCUT2D eigenvalue weighted by Crippen LogP contribution is -2.48. The van der Waals surface area contributed by atoms with Gasteiger partial charge >= 0.3 is 6.18 Å². The molecule has 1 fully saturated rings. The number of nitrogens with one attached hydrogen (secondary N) is 2. The van der Waals surface area contributed by atoms with Crippen LogP contribution in [0.2, 0.25) is 0 Å². The molecule has 2 N–H and O–H groups in total. The highest BCUT2D eigenvalue weighted by Crippen LogP contribution is 2.31. The summed E-state index contributed by atoms with van der Waals surface area (Å²) in [4.78, 5) is 11.9. The number of hydrogen-bond acceptors (Lipinski definition) is 5. The molecule has 0 bridgehead atoms. The molecule has 1 aliphatic heterocycles. The Labute approximate surface area is 150 Å². The first-order valence-electron chi connectivity index (χ1n) is 7.95. The van der Waals surface area contributed by atoms with Crippen LogP contribution in [0.1, 0.15) is 17.5 Å². The molecular formula is C16H21F3N2O4S. The number of piperidine rings is 1. The standard InChI is InChI=1S/C16H21F3N2O4S/c1-25-14-9-20-4-3-13(14)15(22)21-8-10-5-11(16(17,18)19)7-12(6-10)26(2,23)24/h5-7,13-14,20H,3-4,8-9H2,1-2H3,(H,21,22). The van der Waals surface area contributed by atoms with Crippen molar-refractivity contribution in [1.82, 2.24) is 10.6 Å². The van der Waals surface area contributed by atoms with E-state index in [9.17, 15) is 26.4 Å². The van der Waals surface area contributed by atoms with Crippen LogP contribution in [0.5, 0.6) is 0 Å². The Morgan fingerprint density at radius 1 is 1.35 bits per heavy atom. The van der Waals surface area contributed by atoms with Gasteiger partial charge in [0.2, 0.25) is 5.91 Å². The van der Waals surface area contributed by atoms with Gasteiger partial charge < -0.3 is 15.4 Å². The normalized spacial score (nSPS) is 21.4. The number of methoxy groups -OCH3 is 1. The van der Waals surface area contributed by atoms with Crippen LogP contribution in [0.3, 0.4) is 0 Å². The Balaban J connectivity index is 2.19. The first-order chi connectivity index (χ1) is 12.0. The number of alkyl halides is 3. The van der Waals surface area contributed by atoms with E-state index in [-0.39, 0.29) is 24.1 Å². The van der Waals surface area contributed by atoms with Crippen LogP contribution in [0, 0.1) is 5.92 Å². The van der Waals surface area contributed by atoms with Gasteiger partial charge in [-0.25, -0.2) is 8.42 Å². The van der Waals surface area contributed by atoms with Gasteiger partial charge in [0, 0.05) is 26.5 Å². The smallest absolute Gasteiger partial charge is 0.379 e. The van der Waals surface area contributed by atoms with Crippen LogP contribution >= 0.6 is 0 Å². The number of carbonyl (C=O) groups excluding carboxylic acids is 1. The van der Waals surface area contributed by atoms with Gasteiger partial charge in [-0.3, -0.25) is 4.79 Å². The maximum atomic E-state index is 13.0. The number of hydrogen-bond donors (Lipinski definition) is 2. The van der Waals surface area contributed by atoms with Gasteiger partial charge in [-0.05, 0) is 36.7 Å². The van der Waals surface area contributed by atoms with Crippen LogP contribution in [-0.2, 0) is 32.1 Å². The van der Waals surface area contributed by atoms with Crippen molar-refractivity contribution in [3.8, 4) is 0 Å². The minimum Gasteiger partial charge on any atom is -0.379 e. The zero-order chi connectivity index (χ0) is 19.5. The lowest BCUT2D eigenvalue weighted by molar-refractivity contribution is -0.137. The van der Waals surface area contributed by atoms with Crippen molar-refractivity contribution in [1.29, 1.82) is 0 Å². The lowest BCUT2D eigenvalue weighted by Gasteiger charge is -2.30. The third kappa shape index (κ3) is 5.18. The predicted octanol–water partition coefficient (Wildman–Crippen LogP) is 1.35. The fourth-order valence-electron chi connectivity index (χ4n) is 2.84. The van der Waals surface area contributed by atoms with Crippen LogP contribution in [0.15, 0.2) is 23.1 Å².